The maximum Gasteiger partial charge on any atom is 0.270 e. The maximum atomic E-state index is 13.3. The van der Waals surface area contributed by atoms with Crippen LogP contribution in [0.25, 0.3) is 0 Å². The van der Waals surface area contributed by atoms with Crippen molar-refractivity contribution in [1.29, 1.82) is 0 Å². The first-order chi connectivity index (χ1) is 12.6. The summed E-state index contributed by atoms with van der Waals surface area (Å²) < 4.78 is 6.15. The molecule has 2 atom stereocenters. The van der Waals surface area contributed by atoms with E-state index in [2.05, 4.69) is 0 Å². The van der Waals surface area contributed by atoms with Crippen molar-refractivity contribution < 1.29 is 14.5 Å². The Balaban J connectivity index is 1.87. The van der Waals surface area contributed by atoms with Crippen LogP contribution in [0, 0.1) is 10.1 Å². The molecule has 0 spiro atoms. The van der Waals surface area contributed by atoms with Gasteiger partial charge in [-0.3, -0.25) is 14.9 Å². The Labute approximate surface area is 150 Å². The molecule has 128 valence electrons. The molecule has 26 heavy (non-hydrogen) atoms. The number of ether oxygens (including phenoxy) is 1. The number of hydrogen-bond donors (Lipinski definition) is 0. The molecule has 0 amide bonds. The highest BCUT2D eigenvalue weighted by atomic mass is 16.6. The fraction of sp³-hybridized carbons (Fsp3) is 0.0952. The highest BCUT2D eigenvalue weighted by Gasteiger charge is 2.39. The standard InChI is InChI=1S/C21H15NO4/c23-20-17-13-16(22(24)25)11-12-18(17)26-21(15-9-5-2-6-10-15)19(20)14-7-3-1-4-8-14/h1-13,19,21H/t19-,21+/m0/s1. The molecule has 0 unspecified atom stereocenters. The maximum absolute atomic E-state index is 13.3. The molecule has 0 N–H and O–H groups in total. The number of hydrogen-bond acceptors (Lipinski definition) is 4. The number of carbonyl (C=O) groups is 1. The van der Waals surface area contributed by atoms with Gasteiger partial charge >= 0.3 is 0 Å². The molecule has 5 heteroatoms. The van der Waals surface area contributed by atoms with Gasteiger partial charge in [-0.1, -0.05) is 60.7 Å². The van der Waals surface area contributed by atoms with Crippen molar-refractivity contribution in [3.63, 3.8) is 0 Å². The molecule has 0 saturated heterocycles. The minimum absolute atomic E-state index is 0.120. The van der Waals surface area contributed by atoms with E-state index < -0.39 is 16.9 Å². The van der Waals surface area contributed by atoms with Crippen LogP contribution in [0.15, 0.2) is 78.9 Å². The van der Waals surface area contributed by atoms with Crippen molar-refractivity contribution >= 4 is 11.5 Å². The Morgan fingerprint density at radius 3 is 2.08 bits per heavy atom. The van der Waals surface area contributed by atoms with Gasteiger partial charge in [-0.25, -0.2) is 0 Å². The van der Waals surface area contributed by atoms with Crippen LogP contribution in [-0.4, -0.2) is 10.7 Å². The third-order valence-electron chi connectivity index (χ3n) is 4.57. The summed E-state index contributed by atoms with van der Waals surface area (Å²) in [7, 11) is 0. The predicted molar refractivity (Wildman–Crippen MR) is 96.4 cm³/mol. The monoisotopic (exact) mass is 345 g/mol. The normalized spacial score (nSPS) is 18.7. The van der Waals surface area contributed by atoms with Gasteiger partial charge in [0.25, 0.3) is 5.69 Å². The Bertz CT molecular complexity index is 970. The topological polar surface area (TPSA) is 69.4 Å². The summed E-state index contributed by atoms with van der Waals surface area (Å²) in [5.41, 5.74) is 1.84. The number of nitro groups is 1. The van der Waals surface area contributed by atoms with E-state index in [0.717, 1.165) is 11.1 Å². The van der Waals surface area contributed by atoms with Crippen molar-refractivity contribution in [2.45, 2.75) is 12.0 Å². The van der Waals surface area contributed by atoms with Crippen LogP contribution in [0.1, 0.15) is 33.5 Å². The number of fused-ring (bicyclic) bond motifs is 1. The van der Waals surface area contributed by atoms with Gasteiger partial charge in [0.2, 0.25) is 0 Å². The summed E-state index contributed by atoms with van der Waals surface area (Å²) in [5, 5.41) is 11.1. The van der Waals surface area contributed by atoms with Crippen molar-refractivity contribution in [2.24, 2.45) is 0 Å². The van der Waals surface area contributed by atoms with Crippen LogP contribution in [0.3, 0.4) is 0 Å². The number of carbonyl (C=O) groups excluding carboxylic acids is 1. The zero-order valence-electron chi connectivity index (χ0n) is 13.7. The van der Waals surface area contributed by atoms with Crippen LogP contribution < -0.4 is 4.74 Å². The Morgan fingerprint density at radius 2 is 1.46 bits per heavy atom. The van der Waals surface area contributed by atoms with Crippen LogP contribution in [0.2, 0.25) is 0 Å². The summed E-state index contributed by atoms with van der Waals surface area (Å²) in [6.07, 6.45) is -0.486. The molecule has 0 fully saturated rings. The Morgan fingerprint density at radius 1 is 0.846 bits per heavy atom. The molecule has 3 aromatic rings. The molecule has 3 aromatic carbocycles. The lowest BCUT2D eigenvalue weighted by Crippen LogP contribution is -2.30. The van der Waals surface area contributed by atoms with Crippen molar-refractivity contribution in [3.8, 4) is 5.75 Å². The lowest BCUT2D eigenvalue weighted by Gasteiger charge is -2.33. The largest absolute Gasteiger partial charge is 0.484 e. The van der Waals surface area contributed by atoms with Gasteiger partial charge in [-0.2, -0.15) is 0 Å². The average Bonchev–Trinajstić information content (AvgIpc) is 2.69. The zero-order valence-corrected chi connectivity index (χ0v) is 13.7. The Kier molecular flexibility index (Phi) is 3.97. The van der Waals surface area contributed by atoms with E-state index in [9.17, 15) is 14.9 Å². The first-order valence-corrected chi connectivity index (χ1v) is 8.24. The van der Waals surface area contributed by atoms with Crippen LogP contribution in [-0.2, 0) is 0 Å². The molecule has 0 bridgehead atoms. The third-order valence-corrected chi connectivity index (χ3v) is 4.57. The summed E-state index contributed by atoms with van der Waals surface area (Å²) in [6.45, 7) is 0. The molecule has 0 saturated carbocycles. The number of nitro benzene ring substituents is 1. The summed E-state index contributed by atoms with van der Waals surface area (Å²) in [6, 6.07) is 23.1. The number of Topliss-reactive ketones (excluding diaryl/α,β-unsaturated/α-hetero) is 1. The lowest BCUT2D eigenvalue weighted by molar-refractivity contribution is -0.384. The van der Waals surface area contributed by atoms with E-state index in [0.29, 0.717) is 5.75 Å². The molecule has 4 rings (SSSR count). The quantitative estimate of drug-likeness (QED) is 0.510. The molecular formula is C21H15NO4. The van der Waals surface area contributed by atoms with Gasteiger partial charge in [0.1, 0.15) is 11.9 Å². The van der Waals surface area contributed by atoms with Gasteiger partial charge < -0.3 is 4.74 Å². The molecule has 5 nitrogen and oxygen atoms in total. The summed E-state index contributed by atoms with van der Waals surface area (Å²) in [4.78, 5) is 23.9. The number of ketones is 1. The van der Waals surface area contributed by atoms with Gasteiger partial charge in [0.15, 0.2) is 5.78 Å². The molecule has 0 radical (unpaired) electrons. The van der Waals surface area contributed by atoms with Gasteiger partial charge in [0, 0.05) is 12.1 Å². The SMILES string of the molecule is O=C1c2cc([N+](=O)[O-])ccc2O[C@H](c2ccccc2)[C@H]1c1ccccc1. The van der Waals surface area contributed by atoms with E-state index in [1.54, 1.807) is 0 Å². The molecule has 1 aliphatic rings. The molecule has 0 aliphatic carbocycles. The fourth-order valence-electron chi connectivity index (χ4n) is 3.33. The van der Waals surface area contributed by atoms with E-state index in [-0.39, 0.29) is 17.0 Å². The second kappa shape index (κ2) is 6.44. The van der Waals surface area contributed by atoms with E-state index in [1.165, 1.54) is 18.2 Å². The molecule has 1 aliphatic heterocycles. The molecule has 1 heterocycles. The molecular weight excluding hydrogens is 330 g/mol. The smallest absolute Gasteiger partial charge is 0.270 e. The first-order valence-electron chi connectivity index (χ1n) is 8.24. The Hall–Kier alpha value is -3.47. The number of non-ortho nitro benzene ring substituents is 1. The second-order valence-electron chi connectivity index (χ2n) is 6.14. The number of rotatable bonds is 3. The van der Waals surface area contributed by atoms with Gasteiger partial charge in [-0.15, -0.1) is 0 Å². The van der Waals surface area contributed by atoms with Gasteiger partial charge in [0.05, 0.1) is 16.4 Å². The first kappa shape index (κ1) is 16.0. The second-order valence-corrected chi connectivity index (χ2v) is 6.14. The van der Waals surface area contributed by atoms with E-state index in [1.807, 2.05) is 60.7 Å². The lowest BCUT2D eigenvalue weighted by atomic mass is 9.81. The minimum Gasteiger partial charge on any atom is -0.484 e. The fourth-order valence-corrected chi connectivity index (χ4v) is 3.33. The third kappa shape index (κ3) is 2.73. The zero-order chi connectivity index (χ0) is 18.1. The average molecular weight is 345 g/mol. The van der Waals surface area contributed by atoms with Gasteiger partial charge in [-0.05, 0) is 17.2 Å². The van der Waals surface area contributed by atoms with Crippen LogP contribution >= 0.6 is 0 Å². The number of benzene rings is 3. The number of nitrogens with zero attached hydrogens (tertiary/aromatic N) is 1. The highest BCUT2D eigenvalue weighted by molar-refractivity contribution is 6.05. The molecule has 0 aromatic heterocycles. The van der Waals surface area contributed by atoms with E-state index >= 15 is 0 Å². The minimum atomic E-state index is -0.562. The van der Waals surface area contributed by atoms with Crippen molar-refractivity contribution in [3.05, 3.63) is 106 Å². The van der Waals surface area contributed by atoms with Crippen molar-refractivity contribution in [1.82, 2.24) is 0 Å². The predicted octanol–water partition coefficient (Wildman–Crippen LogP) is 4.70. The van der Waals surface area contributed by atoms with Crippen LogP contribution in [0.4, 0.5) is 5.69 Å². The summed E-state index contributed by atoms with van der Waals surface area (Å²) >= 11 is 0. The van der Waals surface area contributed by atoms with E-state index in [4.69, 9.17) is 4.74 Å². The summed E-state index contributed by atoms with van der Waals surface area (Å²) in [5.74, 6) is -0.357. The highest BCUT2D eigenvalue weighted by Crippen LogP contribution is 2.44. The van der Waals surface area contributed by atoms with Crippen molar-refractivity contribution in [2.75, 3.05) is 0 Å². The van der Waals surface area contributed by atoms with Crippen LogP contribution in [0.5, 0.6) is 5.75 Å².